The van der Waals surface area contributed by atoms with Crippen LogP contribution in [0.15, 0.2) is 16.8 Å². The maximum atomic E-state index is 11.4. The highest BCUT2D eigenvalue weighted by Gasteiger charge is 2.69. The number of hydrogen-bond donors (Lipinski definition) is 2. The lowest BCUT2D eigenvalue weighted by Crippen LogP contribution is -2.60. The van der Waals surface area contributed by atoms with Gasteiger partial charge in [-0.05, 0) is 68.6 Å². The van der Waals surface area contributed by atoms with E-state index in [1.807, 2.05) is 0 Å². The Hall–Kier alpha value is -1.40. The van der Waals surface area contributed by atoms with Crippen LogP contribution in [0.25, 0.3) is 0 Å². The normalized spacial score (nSPS) is 48.3. The van der Waals surface area contributed by atoms with Gasteiger partial charge >= 0.3 is 5.97 Å². The molecule has 0 aromatic heterocycles. The Kier molecular flexibility index (Phi) is 5.33. The first kappa shape index (κ1) is 21.8. The number of esters is 1. The molecule has 0 saturated heterocycles. The van der Waals surface area contributed by atoms with Gasteiger partial charge in [-0.1, -0.05) is 30.7 Å². The van der Waals surface area contributed by atoms with E-state index in [-0.39, 0.29) is 22.9 Å². The molecule has 4 rings (SSSR count). The molecule has 0 spiro atoms. The largest absolute Gasteiger partial charge is 0.462 e. The Bertz CT molecular complexity index is 778. The van der Waals surface area contributed by atoms with E-state index in [0.717, 1.165) is 38.5 Å². The van der Waals surface area contributed by atoms with Gasteiger partial charge in [0.1, 0.15) is 11.7 Å². The first-order valence-electron chi connectivity index (χ1n) is 11.4. The Morgan fingerprint density at radius 2 is 1.93 bits per heavy atom. The van der Waals surface area contributed by atoms with E-state index in [2.05, 4.69) is 25.1 Å². The van der Waals surface area contributed by atoms with Gasteiger partial charge in [-0.15, -0.1) is 0 Å². The Balaban J connectivity index is 1.66. The molecule has 4 aliphatic carbocycles. The van der Waals surface area contributed by atoms with Crippen molar-refractivity contribution in [3.05, 3.63) is 11.6 Å². The molecule has 0 amide bonds. The lowest BCUT2D eigenvalue weighted by molar-refractivity contribution is -0.149. The summed E-state index contributed by atoms with van der Waals surface area (Å²) in [6, 6.07) is 0. The van der Waals surface area contributed by atoms with Gasteiger partial charge in [0.25, 0.3) is 0 Å². The number of methoxy groups -OCH3 is 1. The van der Waals surface area contributed by atoms with Gasteiger partial charge in [-0.2, -0.15) is 0 Å². The highest BCUT2D eigenvalue weighted by Crippen LogP contribution is 2.68. The van der Waals surface area contributed by atoms with Crippen molar-refractivity contribution in [2.45, 2.75) is 90.4 Å². The van der Waals surface area contributed by atoms with E-state index in [1.165, 1.54) is 12.5 Å². The maximum Gasteiger partial charge on any atom is 0.302 e. The summed E-state index contributed by atoms with van der Waals surface area (Å²) < 4.78 is 11.5. The van der Waals surface area contributed by atoms with Gasteiger partial charge in [0.2, 0.25) is 0 Å². The molecule has 3 saturated carbocycles. The summed E-state index contributed by atoms with van der Waals surface area (Å²) in [6.07, 6.45) is 8.20. The summed E-state index contributed by atoms with van der Waals surface area (Å²) in [5.74, 6) is 1.15. The topological polar surface area (TPSA) is 88.3 Å². The molecule has 4 aliphatic rings. The number of oxime groups is 1. The SMILES string of the molecule is CO[C@]1(C(C)=NO)[C@H](O)C[C@H]2[C@H]3CC=C4C[C@@H](OC(C)=O)CC[C@]4(C)[C@@H]3CC[C@@]21C. The maximum absolute atomic E-state index is 11.4. The third-order valence-electron chi connectivity index (χ3n) is 9.59. The molecular formula is C24H37NO5. The average molecular weight is 420 g/mol. The van der Waals surface area contributed by atoms with Gasteiger partial charge in [-0.3, -0.25) is 4.79 Å². The van der Waals surface area contributed by atoms with Crippen LogP contribution in [-0.2, 0) is 14.3 Å². The summed E-state index contributed by atoms with van der Waals surface area (Å²) in [4.78, 5) is 11.4. The monoisotopic (exact) mass is 419 g/mol. The van der Waals surface area contributed by atoms with Crippen LogP contribution >= 0.6 is 0 Å². The van der Waals surface area contributed by atoms with Crippen LogP contribution in [0.3, 0.4) is 0 Å². The van der Waals surface area contributed by atoms with E-state index in [1.54, 1.807) is 14.0 Å². The molecule has 6 heteroatoms. The van der Waals surface area contributed by atoms with E-state index < -0.39 is 11.7 Å². The molecule has 0 heterocycles. The summed E-state index contributed by atoms with van der Waals surface area (Å²) in [6.45, 7) is 7.88. The zero-order chi connectivity index (χ0) is 21.9. The van der Waals surface area contributed by atoms with E-state index in [4.69, 9.17) is 9.47 Å². The summed E-state index contributed by atoms with van der Waals surface area (Å²) in [5.41, 5.74) is 0.852. The smallest absolute Gasteiger partial charge is 0.302 e. The van der Waals surface area contributed by atoms with E-state index >= 15 is 0 Å². The highest BCUT2D eigenvalue weighted by molar-refractivity contribution is 5.92. The van der Waals surface area contributed by atoms with Crippen molar-refractivity contribution < 1.29 is 24.6 Å². The molecular weight excluding hydrogens is 382 g/mol. The van der Waals surface area contributed by atoms with E-state index in [0.29, 0.717) is 29.9 Å². The van der Waals surface area contributed by atoms with Crippen LogP contribution in [0.4, 0.5) is 0 Å². The molecule has 0 unspecified atom stereocenters. The second kappa shape index (κ2) is 7.33. The number of aliphatic hydroxyl groups is 1. The van der Waals surface area contributed by atoms with Crippen molar-refractivity contribution in [1.82, 2.24) is 0 Å². The Morgan fingerprint density at radius 1 is 1.20 bits per heavy atom. The van der Waals surface area contributed by atoms with Gasteiger partial charge in [0, 0.05) is 25.9 Å². The fourth-order valence-corrected chi connectivity index (χ4v) is 8.21. The number of allylic oxidation sites excluding steroid dienone is 1. The van der Waals surface area contributed by atoms with Crippen LogP contribution in [0.1, 0.15) is 72.6 Å². The van der Waals surface area contributed by atoms with Crippen LogP contribution in [0, 0.1) is 28.6 Å². The van der Waals surface area contributed by atoms with Crippen molar-refractivity contribution in [3.63, 3.8) is 0 Å². The van der Waals surface area contributed by atoms with Crippen molar-refractivity contribution in [2.24, 2.45) is 33.7 Å². The van der Waals surface area contributed by atoms with Crippen LogP contribution in [-0.4, -0.2) is 46.9 Å². The fraction of sp³-hybridized carbons (Fsp3) is 0.833. The van der Waals surface area contributed by atoms with Crippen molar-refractivity contribution >= 4 is 11.7 Å². The Morgan fingerprint density at radius 3 is 2.57 bits per heavy atom. The number of rotatable bonds is 3. The minimum Gasteiger partial charge on any atom is -0.462 e. The quantitative estimate of drug-likeness (QED) is 0.236. The minimum atomic E-state index is -0.935. The summed E-state index contributed by atoms with van der Waals surface area (Å²) in [7, 11) is 1.63. The van der Waals surface area contributed by atoms with Crippen LogP contribution in [0.5, 0.6) is 0 Å². The molecule has 30 heavy (non-hydrogen) atoms. The van der Waals surface area contributed by atoms with Gasteiger partial charge in [0.15, 0.2) is 0 Å². The first-order chi connectivity index (χ1) is 14.1. The molecule has 8 atom stereocenters. The predicted octanol–water partition coefficient (Wildman–Crippen LogP) is 4.09. The molecule has 0 aromatic carbocycles. The van der Waals surface area contributed by atoms with Gasteiger partial charge in [-0.25, -0.2) is 0 Å². The third kappa shape index (κ3) is 2.75. The number of nitrogens with zero attached hydrogens (tertiary/aromatic N) is 1. The zero-order valence-corrected chi connectivity index (χ0v) is 19.0. The van der Waals surface area contributed by atoms with Crippen molar-refractivity contribution in [3.8, 4) is 0 Å². The lowest BCUT2D eigenvalue weighted by atomic mass is 9.46. The standard InChI is InChI=1S/C24H37NO5/c1-14(25-28)24(29-5)21(27)13-20-18-7-6-16-12-17(30-15(2)26)8-10-22(16,3)19(18)9-11-23(20,24)4/h6,17-21,27-28H,7-13H2,1-5H3/t17-,18-,19+,20-,21+,22-,23-,24+/m0/s1. The number of hydrogen-bond acceptors (Lipinski definition) is 6. The Labute approximate surface area is 179 Å². The second-order valence-electron chi connectivity index (χ2n) is 10.6. The van der Waals surface area contributed by atoms with Crippen LogP contribution in [0.2, 0.25) is 0 Å². The molecule has 168 valence electrons. The number of ether oxygens (including phenoxy) is 2. The average Bonchev–Trinajstić information content (AvgIpc) is 2.94. The number of carbonyl (C=O) groups is 1. The summed E-state index contributed by atoms with van der Waals surface area (Å²) in [5, 5.41) is 24.2. The molecule has 3 fully saturated rings. The third-order valence-corrected chi connectivity index (χ3v) is 9.59. The van der Waals surface area contributed by atoms with Gasteiger partial charge in [0.05, 0.1) is 11.8 Å². The predicted molar refractivity (Wildman–Crippen MR) is 113 cm³/mol. The van der Waals surface area contributed by atoms with Crippen LogP contribution < -0.4 is 0 Å². The molecule has 6 nitrogen and oxygen atoms in total. The van der Waals surface area contributed by atoms with Gasteiger partial charge < -0.3 is 19.8 Å². The number of fused-ring (bicyclic) bond motifs is 5. The molecule has 0 bridgehead atoms. The molecule has 2 N–H and O–H groups in total. The second-order valence-corrected chi connectivity index (χ2v) is 10.6. The lowest BCUT2D eigenvalue weighted by Gasteiger charge is -2.59. The van der Waals surface area contributed by atoms with Crippen molar-refractivity contribution in [1.29, 1.82) is 0 Å². The number of carbonyl (C=O) groups excluding carboxylic acids is 1. The highest BCUT2D eigenvalue weighted by atomic mass is 16.5. The van der Waals surface area contributed by atoms with Crippen molar-refractivity contribution in [2.75, 3.05) is 7.11 Å². The minimum absolute atomic E-state index is 0.00471. The van der Waals surface area contributed by atoms with E-state index in [9.17, 15) is 15.1 Å². The molecule has 0 aliphatic heterocycles. The number of aliphatic hydroxyl groups excluding tert-OH is 1. The fourth-order valence-electron chi connectivity index (χ4n) is 8.21. The first-order valence-corrected chi connectivity index (χ1v) is 11.4. The molecule has 0 aromatic rings. The molecule has 0 radical (unpaired) electrons. The summed E-state index contributed by atoms with van der Waals surface area (Å²) >= 11 is 0. The zero-order valence-electron chi connectivity index (χ0n) is 19.0.